The Hall–Kier alpha value is -3.27. The molecule has 0 aromatic heterocycles. The van der Waals surface area contributed by atoms with Gasteiger partial charge in [0.1, 0.15) is 22.6 Å². The maximum Gasteiger partial charge on any atom is 0.320 e. The normalized spacial score (nSPS) is 12.9. The molecule has 0 amide bonds. The predicted octanol–water partition coefficient (Wildman–Crippen LogP) is 3.86. The van der Waals surface area contributed by atoms with Gasteiger partial charge in [-0.25, -0.2) is 0 Å². The van der Waals surface area contributed by atoms with E-state index in [0.29, 0.717) is 16.8 Å². The maximum absolute atomic E-state index is 13.1. The summed E-state index contributed by atoms with van der Waals surface area (Å²) in [5, 5.41) is 19.5. The largest absolute Gasteiger partial charge is 0.493 e. The number of carbonyl (C=O) groups excluding carboxylic acids is 3. The zero-order valence-electron chi connectivity index (χ0n) is 31.2. The third-order valence-corrected chi connectivity index (χ3v) is 7.10. The first-order chi connectivity index (χ1) is 22.9. The summed E-state index contributed by atoms with van der Waals surface area (Å²) in [7, 11) is 0. The molecule has 50 heavy (non-hydrogen) atoms. The Bertz CT molecular complexity index is 1300. The lowest BCUT2D eigenvalue weighted by atomic mass is 10.0. The van der Waals surface area contributed by atoms with Crippen LogP contribution in [0.15, 0.2) is 22.7 Å². The van der Waals surface area contributed by atoms with Gasteiger partial charge in [-0.15, -0.1) is 0 Å². The van der Waals surface area contributed by atoms with E-state index in [0.717, 1.165) is 5.56 Å². The SMILES string of the molecule is CCOc1ccc(CC(CN(CCN(CC(=O)O)CC(=O)OC(C)(C)C)CC(=O)OC(C)(C)C)N(CC(=O)O)CC(=O)OC(C)(C)C)cc1Br. The number of benzene rings is 1. The number of esters is 3. The Kier molecular flexibility index (Phi) is 17.9. The Morgan fingerprint density at radius 1 is 0.700 bits per heavy atom. The van der Waals surface area contributed by atoms with Crippen molar-refractivity contribution in [3.63, 3.8) is 0 Å². The minimum Gasteiger partial charge on any atom is -0.493 e. The molecule has 0 bridgehead atoms. The maximum atomic E-state index is 13.1. The van der Waals surface area contributed by atoms with Crippen molar-refractivity contribution in [3.8, 4) is 5.75 Å². The molecule has 1 unspecified atom stereocenters. The zero-order chi connectivity index (χ0) is 38.4. The Labute approximate surface area is 304 Å². The molecule has 1 aromatic rings. The van der Waals surface area contributed by atoms with Crippen molar-refractivity contribution in [2.24, 2.45) is 0 Å². The first kappa shape index (κ1) is 44.8. The number of halogens is 1. The molecular weight excluding hydrogens is 718 g/mol. The van der Waals surface area contributed by atoms with Crippen molar-refractivity contribution in [1.29, 1.82) is 0 Å². The van der Waals surface area contributed by atoms with Crippen LogP contribution in [0.4, 0.5) is 0 Å². The average Bonchev–Trinajstić information content (AvgIpc) is 2.88. The van der Waals surface area contributed by atoms with Gasteiger partial charge in [0.05, 0.1) is 43.8 Å². The molecule has 1 aromatic carbocycles. The average molecular weight is 775 g/mol. The van der Waals surface area contributed by atoms with E-state index in [4.69, 9.17) is 18.9 Å². The summed E-state index contributed by atoms with van der Waals surface area (Å²) in [6, 6.07) is 4.81. The molecule has 1 rings (SSSR count). The van der Waals surface area contributed by atoms with Crippen LogP contribution in [0.25, 0.3) is 0 Å². The van der Waals surface area contributed by atoms with E-state index in [1.807, 2.05) is 19.1 Å². The second-order valence-electron chi connectivity index (χ2n) is 15.0. The van der Waals surface area contributed by atoms with Gasteiger partial charge in [0.25, 0.3) is 0 Å². The van der Waals surface area contributed by atoms with Crippen LogP contribution < -0.4 is 4.74 Å². The van der Waals surface area contributed by atoms with Crippen molar-refractivity contribution in [2.75, 3.05) is 59.0 Å². The van der Waals surface area contributed by atoms with E-state index in [2.05, 4.69) is 15.9 Å². The summed E-state index contributed by atoms with van der Waals surface area (Å²) in [6.45, 7) is 16.1. The summed E-state index contributed by atoms with van der Waals surface area (Å²) >= 11 is 3.53. The van der Waals surface area contributed by atoms with E-state index in [1.54, 1.807) is 73.3 Å². The minimum atomic E-state index is -1.17. The van der Waals surface area contributed by atoms with Crippen LogP contribution in [0.2, 0.25) is 0 Å². The molecule has 0 radical (unpaired) electrons. The van der Waals surface area contributed by atoms with Gasteiger partial charge in [-0.3, -0.25) is 38.7 Å². The van der Waals surface area contributed by atoms with Gasteiger partial charge >= 0.3 is 29.8 Å². The Morgan fingerprint density at radius 3 is 1.60 bits per heavy atom. The molecule has 0 aliphatic rings. The number of ether oxygens (including phenoxy) is 4. The number of rotatable bonds is 20. The van der Waals surface area contributed by atoms with Crippen LogP contribution in [-0.4, -0.2) is 137 Å². The van der Waals surface area contributed by atoms with E-state index < -0.39 is 65.8 Å². The first-order valence-electron chi connectivity index (χ1n) is 16.5. The van der Waals surface area contributed by atoms with Crippen LogP contribution in [0.5, 0.6) is 5.75 Å². The highest BCUT2D eigenvalue weighted by Crippen LogP contribution is 2.27. The van der Waals surface area contributed by atoms with Gasteiger partial charge in [-0.05, 0) is 109 Å². The molecule has 0 aliphatic heterocycles. The van der Waals surface area contributed by atoms with Crippen molar-refractivity contribution in [2.45, 2.75) is 98.5 Å². The van der Waals surface area contributed by atoms with Gasteiger partial charge in [-0.2, -0.15) is 0 Å². The molecule has 284 valence electrons. The summed E-state index contributed by atoms with van der Waals surface area (Å²) in [4.78, 5) is 67.3. The topological polar surface area (TPSA) is 172 Å². The molecule has 1 atom stereocenters. The van der Waals surface area contributed by atoms with Crippen molar-refractivity contribution in [1.82, 2.24) is 14.7 Å². The minimum absolute atomic E-state index is 0.0423. The third kappa shape index (κ3) is 20.4. The van der Waals surface area contributed by atoms with E-state index in [9.17, 15) is 34.2 Å². The van der Waals surface area contributed by atoms with Crippen molar-refractivity contribution >= 4 is 45.8 Å². The number of carboxylic acid groups (broad SMARTS) is 2. The van der Waals surface area contributed by atoms with Gasteiger partial charge < -0.3 is 29.2 Å². The molecular formula is C35H56BrN3O11. The fourth-order valence-electron chi connectivity index (χ4n) is 4.89. The monoisotopic (exact) mass is 773 g/mol. The van der Waals surface area contributed by atoms with E-state index >= 15 is 0 Å². The highest BCUT2D eigenvalue weighted by molar-refractivity contribution is 9.10. The summed E-state index contributed by atoms with van der Waals surface area (Å²) < 4.78 is 22.9. The number of aliphatic carboxylic acids is 2. The number of carbonyl (C=O) groups is 5. The second kappa shape index (κ2) is 19.9. The molecule has 0 fully saturated rings. The summed E-state index contributed by atoms with van der Waals surface area (Å²) in [6.07, 6.45) is 0.253. The molecule has 0 saturated heterocycles. The van der Waals surface area contributed by atoms with Crippen LogP contribution in [0.1, 0.15) is 74.8 Å². The summed E-state index contributed by atoms with van der Waals surface area (Å²) in [5.74, 6) is -3.50. The molecule has 15 heteroatoms. The fraction of sp³-hybridized carbons (Fsp3) is 0.686. The summed E-state index contributed by atoms with van der Waals surface area (Å²) in [5.41, 5.74) is -1.60. The standard InChI is InChI=1S/C35H56BrN3O11/c1-11-47-27-13-12-24(17-26(27)36)16-25(39(20-29(42)43)23-32(46)50-35(8,9)10)18-37(21-30(44)48-33(2,3)4)14-15-38(19-28(40)41)22-31(45)49-34(5,6)7/h12-13,17,25H,11,14-16,18-23H2,1-10H3,(H,40,41)(H,42,43). The first-order valence-corrected chi connectivity index (χ1v) is 17.3. The predicted molar refractivity (Wildman–Crippen MR) is 190 cm³/mol. The molecule has 0 aliphatic carbocycles. The second-order valence-corrected chi connectivity index (χ2v) is 15.8. The van der Waals surface area contributed by atoms with E-state index in [1.165, 1.54) is 9.80 Å². The highest BCUT2D eigenvalue weighted by atomic mass is 79.9. The molecule has 0 heterocycles. The fourth-order valence-corrected chi connectivity index (χ4v) is 5.43. The molecule has 0 saturated carbocycles. The van der Waals surface area contributed by atoms with Gasteiger partial charge in [0.2, 0.25) is 0 Å². The Balaban J connectivity index is 3.59. The Morgan fingerprint density at radius 2 is 1.16 bits per heavy atom. The van der Waals surface area contributed by atoms with Gasteiger partial charge in [0, 0.05) is 25.7 Å². The van der Waals surface area contributed by atoms with Crippen LogP contribution in [0, 0.1) is 0 Å². The van der Waals surface area contributed by atoms with E-state index in [-0.39, 0.29) is 45.7 Å². The lowest BCUT2D eigenvalue weighted by Crippen LogP contribution is -2.52. The lowest BCUT2D eigenvalue weighted by Gasteiger charge is -2.36. The number of hydrogen-bond acceptors (Lipinski definition) is 12. The van der Waals surface area contributed by atoms with Crippen molar-refractivity contribution in [3.05, 3.63) is 28.2 Å². The van der Waals surface area contributed by atoms with Crippen molar-refractivity contribution < 1.29 is 53.1 Å². The quantitative estimate of drug-likeness (QED) is 0.145. The number of carboxylic acids is 2. The van der Waals surface area contributed by atoms with Gasteiger partial charge in [-0.1, -0.05) is 6.07 Å². The zero-order valence-corrected chi connectivity index (χ0v) is 32.8. The molecule has 2 N–H and O–H groups in total. The van der Waals surface area contributed by atoms with Gasteiger partial charge in [0.15, 0.2) is 0 Å². The number of hydrogen-bond donors (Lipinski definition) is 2. The highest BCUT2D eigenvalue weighted by Gasteiger charge is 2.30. The number of nitrogens with zero attached hydrogens (tertiary/aromatic N) is 3. The van der Waals surface area contributed by atoms with Crippen LogP contribution >= 0.6 is 15.9 Å². The molecule has 14 nitrogen and oxygen atoms in total. The lowest BCUT2D eigenvalue weighted by molar-refractivity contribution is -0.159. The van der Waals surface area contributed by atoms with Crippen LogP contribution in [-0.2, 0) is 44.6 Å². The smallest absolute Gasteiger partial charge is 0.320 e. The molecule has 0 spiro atoms. The van der Waals surface area contributed by atoms with Crippen LogP contribution in [0.3, 0.4) is 0 Å². The third-order valence-electron chi connectivity index (χ3n) is 6.48.